The summed E-state index contributed by atoms with van der Waals surface area (Å²) in [6, 6.07) is 9.70. The van der Waals surface area contributed by atoms with Crippen LogP contribution >= 0.6 is 0 Å². The van der Waals surface area contributed by atoms with E-state index in [1.165, 1.54) is 11.3 Å². The Morgan fingerprint density at radius 1 is 1.21 bits per heavy atom. The van der Waals surface area contributed by atoms with Crippen LogP contribution in [0.15, 0.2) is 24.3 Å². The minimum atomic E-state index is -0.319. The molecule has 1 aliphatic carbocycles. The summed E-state index contributed by atoms with van der Waals surface area (Å²) >= 11 is 0. The number of rotatable bonds is 1. The number of likely N-dealkylation sites (N-methyl/N-ethyl adjacent to an activating group) is 1. The number of aliphatic hydroxyl groups excluding tert-OH is 2. The molecular weight excluding hydrogens is 300 g/mol. The van der Waals surface area contributed by atoms with Crippen LogP contribution < -0.4 is 4.90 Å². The molecule has 1 aromatic rings. The summed E-state index contributed by atoms with van der Waals surface area (Å²) in [5.74, 6) is 1.14. The zero-order valence-electron chi connectivity index (χ0n) is 14.3. The first-order valence-electron chi connectivity index (χ1n) is 9.57. The van der Waals surface area contributed by atoms with E-state index in [4.69, 9.17) is 0 Å². The molecule has 7 rings (SSSR count). The van der Waals surface area contributed by atoms with Crippen molar-refractivity contribution in [3.05, 3.63) is 29.8 Å². The normalized spacial score (nSPS) is 55.8. The molecule has 10 atom stereocenters. The number of hydrogen-bond donors (Lipinski definition) is 2. The van der Waals surface area contributed by atoms with Gasteiger partial charge in [-0.1, -0.05) is 25.1 Å². The van der Waals surface area contributed by atoms with Crippen molar-refractivity contribution in [1.29, 1.82) is 0 Å². The van der Waals surface area contributed by atoms with E-state index >= 15 is 0 Å². The second kappa shape index (κ2) is 4.17. The fourth-order valence-electron chi connectivity index (χ4n) is 7.88. The molecule has 1 spiro atoms. The molecule has 128 valence electrons. The molecule has 4 saturated heterocycles. The number of para-hydroxylation sites is 1. The maximum Gasteiger partial charge on any atom is 0.111 e. The Balaban J connectivity index is 1.60. The van der Waals surface area contributed by atoms with Gasteiger partial charge in [-0.3, -0.25) is 4.90 Å². The predicted molar refractivity (Wildman–Crippen MR) is 91.7 cm³/mol. The van der Waals surface area contributed by atoms with Gasteiger partial charge in [0.15, 0.2) is 0 Å². The molecule has 4 nitrogen and oxygen atoms in total. The highest BCUT2D eigenvalue weighted by molar-refractivity contribution is 5.67. The van der Waals surface area contributed by atoms with Gasteiger partial charge in [-0.15, -0.1) is 0 Å². The largest absolute Gasteiger partial charge is 0.392 e. The van der Waals surface area contributed by atoms with E-state index in [1.807, 2.05) is 0 Å². The first kappa shape index (κ1) is 14.1. The Bertz CT molecular complexity index is 723. The number of piperidine rings is 4. The molecule has 5 aliphatic heterocycles. The SMILES string of the molecule is CC[C@H]1[C@@H]2C[C@@H]3[C@@H]4N(C)c5ccccc5[C@]45C[C@@H]([C@@H]2[C@@H]5O)N3[C@@H]1O. The lowest BCUT2D eigenvalue weighted by Gasteiger charge is -2.62. The molecule has 5 heterocycles. The molecule has 24 heavy (non-hydrogen) atoms. The van der Waals surface area contributed by atoms with Crippen LogP contribution in [0.1, 0.15) is 31.7 Å². The summed E-state index contributed by atoms with van der Waals surface area (Å²) in [4.78, 5) is 4.83. The van der Waals surface area contributed by atoms with Crippen LogP contribution in [0.2, 0.25) is 0 Å². The van der Waals surface area contributed by atoms with Crippen LogP contribution in [0.5, 0.6) is 0 Å². The topological polar surface area (TPSA) is 46.9 Å². The van der Waals surface area contributed by atoms with Crippen LogP contribution in [-0.2, 0) is 5.41 Å². The highest BCUT2D eigenvalue weighted by Crippen LogP contribution is 2.68. The lowest BCUT2D eigenvalue weighted by molar-refractivity contribution is -0.211. The average molecular weight is 326 g/mol. The third-order valence-corrected chi connectivity index (χ3v) is 8.46. The molecule has 4 heteroatoms. The van der Waals surface area contributed by atoms with Gasteiger partial charge in [0.05, 0.1) is 12.1 Å². The highest BCUT2D eigenvalue weighted by Gasteiger charge is 2.76. The van der Waals surface area contributed by atoms with Gasteiger partial charge in [0.1, 0.15) is 6.23 Å². The number of fused-ring (bicyclic) bond motifs is 2. The van der Waals surface area contributed by atoms with Crippen molar-refractivity contribution in [3.8, 4) is 0 Å². The summed E-state index contributed by atoms with van der Waals surface area (Å²) in [6.07, 6.45) is 2.56. The van der Waals surface area contributed by atoms with Crippen molar-refractivity contribution >= 4 is 5.69 Å². The fourth-order valence-corrected chi connectivity index (χ4v) is 7.88. The number of aliphatic hydroxyl groups is 2. The first-order chi connectivity index (χ1) is 11.6. The predicted octanol–water partition coefficient (Wildman–Crippen LogP) is 1.55. The zero-order chi connectivity index (χ0) is 16.4. The highest BCUT2D eigenvalue weighted by atomic mass is 16.3. The summed E-state index contributed by atoms with van der Waals surface area (Å²) in [6.45, 7) is 2.19. The Labute approximate surface area is 143 Å². The first-order valence-corrected chi connectivity index (χ1v) is 9.57. The number of anilines is 1. The summed E-state index contributed by atoms with van der Waals surface area (Å²) in [7, 11) is 2.19. The van der Waals surface area contributed by atoms with Gasteiger partial charge in [-0.25, -0.2) is 0 Å². The third kappa shape index (κ3) is 1.20. The molecular formula is C20H26N2O2. The zero-order valence-corrected chi connectivity index (χ0v) is 14.3. The molecule has 6 aliphatic rings. The Morgan fingerprint density at radius 3 is 2.79 bits per heavy atom. The second-order valence-corrected chi connectivity index (χ2v) is 8.81. The molecule has 0 amide bonds. The van der Waals surface area contributed by atoms with Crippen LogP contribution in [0.3, 0.4) is 0 Å². The van der Waals surface area contributed by atoms with Gasteiger partial charge < -0.3 is 15.1 Å². The maximum atomic E-state index is 11.6. The molecule has 5 fully saturated rings. The maximum absolute atomic E-state index is 11.6. The van der Waals surface area contributed by atoms with E-state index in [2.05, 4.69) is 48.0 Å². The molecule has 2 N–H and O–H groups in total. The van der Waals surface area contributed by atoms with E-state index in [-0.39, 0.29) is 17.7 Å². The average Bonchev–Trinajstić information content (AvgIpc) is 2.97. The van der Waals surface area contributed by atoms with E-state index < -0.39 is 0 Å². The number of hydrogen-bond acceptors (Lipinski definition) is 4. The van der Waals surface area contributed by atoms with Gasteiger partial charge in [-0.2, -0.15) is 0 Å². The van der Waals surface area contributed by atoms with Crippen molar-refractivity contribution in [3.63, 3.8) is 0 Å². The van der Waals surface area contributed by atoms with Gasteiger partial charge in [0.2, 0.25) is 0 Å². The van der Waals surface area contributed by atoms with Gasteiger partial charge in [-0.05, 0) is 36.8 Å². The van der Waals surface area contributed by atoms with Crippen molar-refractivity contribution in [2.45, 2.75) is 62.1 Å². The number of nitrogens with zero attached hydrogens (tertiary/aromatic N) is 2. The standard InChI is InChI=1S/C20H26N2O2/c1-3-10-11-8-14-17-20(12-6-4-5-7-13(12)21(17)2)9-15(16(11)18(20)23)22(14)19(10)24/h4-7,10-11,14-19,23-24H,3,8-9H2,1-2H3/t10-,11-,14+,15-,16+,17-,18-,19+,20+/m0/s1. The van der Waals surface area contributed by atoms with Crippen molar-refractivity contribution in [2.24, 2.45) is 17.8 Å². The van der Waals surface area contributed by atoms with Gasteiger partial charge in [0.25, 0.3) is 0 Å². The van der Waals surface area contributed by atoms with Crippen molar-refractivity contribution in [2.75, 3.05) is 11.9 Å². The Morgan fingerprint density at radius 2 is 2.00 bits per heavy atom. The van der Waals surface area contributed by atoms with E-state index in [0.29, 0.717) is 35.9 Å². The van der Waals surface area contributed by atoms with Crippen molar-refractivity contribution < 1.29 is 10.2 Å². The quantitative estimate of drug-likeness (QED) is 0.822. The smallest absolute Gasteiger partial charge is 0.111 e. The van der Waals surface area contributed by atoms with E-state index in [1.54, 1.807) is 0 Å². The number of benzene rings is 1. The fraction of sp³-hybridized carbons (Fsp3) is 0.700. The minimum absolute atomic E-state index is 0.126. The van der Waals surface area contributed by atoms with Gasteiger partial charge in [0, 0.05) is 42.1 Å². The molecule has 1 aromatic carbocycles. The van der Waals surface area contributed by atoms with E-state index in [0.717, 1.165) is 19.3 Å². The molecule has 1 unspecified atom stereocenters. The third-order valence-electron chi connectivity index (χ3n) is 8.46. The molecule has 5 bridgehead atoms. The monoisotopic (exact) mass is 326 g/mol. The van der Waals surface area contributed by atoms with E-state index in [9.17, 15) is 10.2 Å². The lowest BCUT2D eigenvalue weighted by atomic mass is 9.62. The van der Waals surface area contributed by atoms with Gasteiger partial charge >= 0.3 is 0 Å². The molecule has 1 saturated carbocycles. The summed E-state index contributed by atoms with van der Waals surface area (Å²) in [5.41, 5.74) is 2.51. The second-order valence-electron chi connectivity index (χ2n) is 8.81. The molecule has 0 aromatic heterocycles. The Hall–Kier alpha value is -1.10. The van der Waals surface area contributed by atoms with Crippen LogP contribution in [-0.4, -0.2) is 52.6 Å². The molecule has 0 radical (unpaired) electrons. The lowest BCUT2D eigenvalue weighted by Crippen LogP contribution is -2.72. The minimum Gasteiger partial charge on any atom is -0.392 e. The summed E-state index contributed by atoms with van der Waals surface area (Å²) < 4.78 is 0. The van der Waals surface area contributed by atoms with Crippen LogP contribution in [0, 0.1) is 17.8 Å². The van der Waals surface area contributed by atoms with Crippen LogP contribution in [0.4, 0.5) is 5.69 Å². The van der Waals surface area contributed by atoms with Crippen molar-refractivity contribution in [1.82, 2.24) is 4.90 Å². The summed E-state index contributed by atoms with van der Waals surface area (Å²) in [5, 5.41) is 22.6. The van der Waals surface area contributed by atoms with Crippen LogP contribution in [0.25, 0.3) is 0 Å². The Kier molecular flexibility index (Phi) is 2.45.